The fourth-order valence-electron chi connectivity index (χ4n) is 2.21. The topological polar surface area (TPSA) is 108 Å². The molecular weight excluding hydrogens is 320 g/mol. The minimum Gasteiger partial charge on any atom is -0.347 e. The molecule has 0 spiro atoms. The molecule has 0 aromatic rings. The Kier molecular flexibility index (Phi) is 7.66. The predicted molar refractivity (Wildman–Crippen MR) is 88.3 cm³/mol. The molecule has 0 fully saturated rings. The number of sulfonamides is 1. The minimum absolute atomic E-state index is 0.108. The number of likely N-dealkylation sites (N-methyl/N-ethyl adjacent to an activating group) is 1. The maximum absolute atomic E-state index is 11.8. The van der Waals surface area contributed by atoms with Gasteiger partial charge in [-0.1, -0.05) is 13.0 Å². The number of nitrogens with one attached hydrogen (secondary N) is 3. The van der Waals surface area contributed by atoms with Gasteiger partial charge in [0.1, 0.15) is 0 Å². The smallest absolute Gasteiger partial charge is 0.309 e. The van der Waals surface area contributed by atoms with Gasteiger partial charge in [0.25, 0.3) is 0 Å². The van der Waals surface area contributed by atoms with Crippen LogP contribution in [0.5, 0.6) is 0 Å². The monoisotopic (exact) mass is 346 g/mol. The molecule has 23 heavy (non-hydrogen) atoms. The quantitative estimate of drug-likeness (QED) is 0.397. The first-order valence-electron chi connectivity index (χ1n) is 7.68. The zero-order valence-corrected chi connectivity index (χ0v) is 14.7. The van der Waals surface area contributed by atoms with Crippen LogP contribution in [0, 0.1) is 0 Å². The van der Waals surface area contributed by atoms with Crippen LogP contribution in [0.4, 0.5) is 0 Å². The number of nitrogens with zero attached hydrogens (tertiary/aromatic N) is 1. The predicted octanol–water partition coefficient (Wildman–Crippen LogP) is -1.19. The largest absolute Gasteiger partial charge is 0.347 e. The lowest BCUT2D eigenvalue weighted by atomic mass is 10.0. The van der Waals surface area contributed by atoms with Crippen LogP contribution in [0.3, 0.4) is 0 Å². The molecule has 8 nitrogen and oxygen atoms in total. The molecular formula is C14H26N4O4S. The molecule has 2 amide bonds. The van der Waals surface area contributed by atoms with Crippen LogP contribution in [0.1, 0.15) is 20.3 Å². The molecule has 0 radical (unpaired) electrons. The number of carbonyl (C=O) groups is 2. The lowest BCUT2D eigenvalue weighted by Gasteiger charge is -2.25. The number of carbonyl (C=O) groups excluding carboxylic acids is 2. The molecule has 0 saturated carbocycles. The number of hydrogen-bond acceptors (Lipinski definition) is 5. The summed E-state index contributed by atoms with van der Waals surface area (Å²) in [6.45, 7) is 5.42. The molecule has 0 bridgehead atoms. The second-order valence-corrected chi connectivity index (χ2v) is 7.49. The molecule has 1 heterocycles. The third kappa shape index (κ3) is 7.10. The van der Waals surface area contributed by atoms with E-state index in [1.54, 1.807) is 6.92 Å². The van der Waals surface area contributed by atoms with Crippen LogP contribution >= 0.6 is 0 Å². The van der Waals surface area contributed by atoms with Crippen molar-refractivity contribution in [2.24, 2.45) is 0 Å². The SMILES string of the molecule is CCNS(=O)(=O)CCNC(=O)C(=O)NC(C)C1=CCN(C)CC1. The zero-order valence-electron chi connectivity index (χ0n) is 13.9. The average molecular weight is 346 g/mol. The molecule has 0 aromatic heterocycles. The summed E-state index contributed by atoms with van der Waals surface area (Å²) in [6.07, 6.45) is 2.90. The van der Waals surface area contributed by atoms with E-state index in [0.717, 1.165) is 25.1 Å². The number of hydrogen-bond donors (Lipinski definition) is 3. The van der Waals surface area contributed by atoms with Crippen molar-refractivity contribution in [2.75, 3.05) is 39.0 Å². The highest BCUT2D eigenvalue weighted by atomic mass is 32.2. The Morgan fingerprint density at radius 1 is 1.35 bits per heavy atom. The Bertz CT molecular complexity index is 559. The van der Waals surface area contributed by atoms with E-state index in [0.29, 0.717) is 6.54 Å². The fourth-order valence-corrected chi connectivity index (χ4v) is 3.16. The van der Waals surface area contributed by atoms with Crippen LogP contribution < -0.4 is 15.4 Å². The van der Waals surface area contributed by atoms with Gasteiger partial charge in [0.05, 0.1) is 5.75 Å². The van der Waals surface area contributed by atoms with Crippen LogP contribution in [-0.4, -0.2) is 70.2 Å². The van der Waals surface area contributed by atoms with Gasteiger partial charge < -0.3 is 15.5 Å². The molecule has 0 saturated heterocycles. The van der Waals surface area contributed by atoms with Gasteiger partial charge in [-0.15, -0.1) is 0 Å². The standard InChI is InChI=1S/C14H26N4O4S/c1-4-16-23(21,22)10-7-15-13(19)14(20)17-11(2)12-5-8-18(3)9-6-12/h5,11,16H,4,6-10H2,1-3H3,(H,15,19)(H,17,20). The Hall–Kier alpha value is -1.45. The molecule has 0 aliphatic carbocycles. The Balaban J connectivity index is 2.38. The zero-order chi connectivity index (χ0) is 17.5. The van der Waals surface area contributed by atoms with Gasteiger partial charge in [-0.2, -0.15) is 0 Å². The summed E-state index contributed by atoms with van der Waals surface area (Å²) in [5.74, 6) is -1.83. The molecule has 132 valence electrons. The van der Waals surface area contributed by atoms with Gasteiger partial charge in [0.2, 0.25) is 10.0 Å². The summed E-state index contributed by atoms with van der Waals surface area (Å²) in [4.78, 5) is 25.7. The molecule has 9 heteroatoms. The van der Waals surface area contributed by atoms with Crippen LogP contribution in [-0.2, 0) is 19.6 Å². The van der Waals surface area contributed by atoms with Gasteiger partial charge in [-0.05, 0) is 26.0 Å². The van der Waals surface area contributed by atoms with E-state index in [9.17, 15) is 18.0 Å². The summed E-state index contributed by atoms with van der Waals surface area (Å²) in [5.41, 5.74) is 1.10. The second kappa shape index (κ2) is 8.99. The third-order valence-corrected chi connectivity index (χ3v) is 5.05. The first-order chi connectivity index (χ1) is 10.7. The molecule has 1 atom stereocenters. The normalized spacial score (nSPS) is 17.3. The lowest BCUT2D eigenvalue weighted by Crippen LogP contribution is -2.46. The van der Waals surface area contributed by atoms with E-state index >= 15 is 0 Å². The maximum atomic E-state index is 11.8. The molecule has 3 N–H and O–H groups in total. The van der Waals surface area contributed by atoms with E-state index in [2.05, 4.69) is 26.3 Å². The highest BCUT2D eigenvalue weighted by molar-refractivity contribution is 7.89. The van der Waals surface area contributed by atoms with Crippen molar-refractivity contribution in [1.29, 1.82) is 0 Å². The van der Waals surface area contributed by atoms with Gasteiger partial charge in [-0.3, -0.25) is 9.59 Å². The lowest BCUT2D eigenvalue weighted by molar-refractivity contribution is -0.139. The molecule has 1 aliphatic heterocycles. The average Bonchev–Trinajstić information content (AvgIpc) is 2.47. The van der Waals surface area contributed by atoms with Gasteiger partial charge in [0.15, 0.2) is 0 Å². The summed E-state index contributed by atoms with van der Waals surface area (Å²) < 4.78 is 25.1. The van der Waals surface area contributed by atoms with E-state index < -0.39 is 21.8 Å². The van der Waals surface area contributed by atoms with Crippen molar-refractivity contribution in [3.8, 4) is 0 Å². The highest BCUT2D eigenvalue weighted by Gasteiger charge is 2.20. The van der Waals surface area contributed by atoms with Gasteiger partial charge in [-0.25, -0.2) is 13.1 Å². The Morgan fingerprint density at radius 3 is 2.61 bits per heavy atom. The minimum atomic E-state index is -3.41. The summed E-state index contributed by atoms with van der Waals surface area (Å²) in [5, 5.41) is 4.95. The van der Waals surface area contributed by atoms with Crippen molar-refractivity contribution in [3.05, 3.63) is 11.6 Å². The number of rotatable bonds is 7. The first-order valence-corrected chi connectivity index (χ1v) is 9.34. The summed E-state index contributed by atoms with van der Waals surface area (Å²) in [7, 11) is -1.39. The van der Waals surface area contributed by atoms with E-state index in [1.807, 2.05) is 14.0 Å². The first kappa shape index (κ1) is 19.6. The second-order valence-electron chi connectivity index (χ2n) is 5.56. The molecule has 0 aromatic carbocycles. The van der Waals surface area contributed by atoms with Crippen molar-refractivity contribution in [3.63, 3.8) is 0 Å². The highest BCUT2D eigenvalue weighted by Crippen LogP contribution is 2.13. The van der Waals surface area contributed by atoms with Crippen LogP contribution in [0.2, 0.25) is 0 Å². The van der Waals surface area contributed by atoms with Gasteiger partial charge in [0, 0.05) is 32.2 Å². The summed E-state index contributed by atoms with van der Waals surface area (Å²) in [6, 6.07) is -0.215. The Labute approximate surface area is 137 Å². The molecule has 1 unspecified atom stereocenters. The van der Waals surface area contributed by atoms with Crippen molar-refractivity contribution < 1.29 is 18.0 Å². The maximum Gasteiger partial charge on any atom is 0.309 e. The van der Waals surface area contributed by atoms with E-state index in [-0.39, 0.29) is 18.3 Å². The van der Waals surface area contributed by atoms with Crippen molar-refractivity contribution in [2.45, 2.75) is 26.3 Å². The van der Waals surface area contributed by atoms with Gasteiger partial charge >= 0.3 is 11.8 Å². The van der Waals surface area contributed by atoms with Crippen LogP contribution in [0.15, 0.2) is 11.6 Å². The number of amides is 2. The summed E-state index contributed by atoms with van der Waals surface area (Å²) >= 11 is 0. The fraction of sp³-hybridized carbons (Fsp3) is 0.714. The molecule has 1 rings (SSSR count). The Morgan fingerprint density at radius 2 is 2.04 bits per heavy atom. The molecule has 1 aliphatic rings. The van der Waals surface area contributed by atoms with E-state index in [1.165, 1.54) is 0 Å². The van der Waals surface area contributed by atoms with Crippen molar-refractivity contribution >= 4 is 21.8 Å². The van der Waals surface area contributed by atoms with Crippen LogP contribution in [0.25, 0.3) is 0 Å². The van der Waals surface area contributed by atoms with Crippen molar-refractivity contribution in [1.82, 2.24) is 20.3 Å². The van der Waals surface area contributed by atoms with E-state index in [4.69, 9.17) is 0 Å². The third-order valence-electron chi connectivity index (χ3n) is 3.58.